The maximum atomic E-state index is 14.0. The lowest BCUT2D eigenvalue weighted by Crippen LogP contribution is -2.32. The topological polar surface area (TPSA) is 53.0 Å². The molecule has 0 radical (unpaired) electrons. The second kappa shape index (κ2) is 6.33. The Labute approximate surface area is 102 Å². The van der Waals surface area contributed by atoms with Crippen LogP contribution in [0.4, 0.5) is 4.39 Å². The number of nitrogens with two attached hydrogens (primary N) is 1. The molecular formula is C13H18FN3. The molecule has 4 heteroatoms. The maximum Gasteiger partial charge on any atom is 0.145 e. The fourth-order valence-electron chi connectivity index (χ4n) is 1.95. The summed E-state index contributed by atoms with van der Waals surface area (Å²) in [6.45, 7) is 6.00. The molecule has 0 saturated carbocycles. The highest BCUT2D eigenvalue weighted by molar-refractivity contribution is 5.36. The van der Waals surface area contributed by atoms with Crippen LogP contribution in [0, 0.1) is 17.1 Å². The van der Waals surface area contributed by atoms with E-state index in [0.717, 1.165) is 6.54 Å². The zero-order valence-electron chi connectivity index (χ0n) is 10.3. The Morgan fingerprint density at radius 3 is 2.76 bits per heavy atom. The number of nitrogens with zero attached hydrogens (tertiary/aromatic N) is 2. The second-order valence-electron chi connectivity index (χ2n) is 3.91. The van der Waals surface area contributed by atoms with Crippen LogP contribution >= 0.6 is 0 Å². The standard InChI is InChI=1S/C13H18FN3/c1-3-17(8-7-15)10(2)12-6-4-5-11(9-16)13(12)14/h4-6,10H,3,7-8,15H2,1-2H3. The molecule has 1 rings (SSSR count). The summed E-state index contributed by atoms with van der Waals surface area (Å²) in [6.07, 6.45) is 0. The molecule has 0 amide bonds. The number of hydrogen-bond donors (Lipinski definition) is 1. The molecule has 92 valence electrons. The van der Waals surface area contributed by atoms with E-state index in [9.17, 15) is 4.39 Å². The lowest BCUT2D eigenvalue weighted by atomic mass is 10.0. The van der Waals surface area contributed by atoms with E-state index in [4.69, 9.17) is 11.0 Å². The average Bonchev–Trinajstić information content (AvgIpc) is 2.35. The average molecular weight is 235 g/mol. The number of benzene rings is 1. The first-order valence-corrected chi connectivity index (χ1v) is 5.78. The largest absolute Gasteiger partial charge is 0.329 e. The highest BCUT2D eigenvalue weighted by atomic mass is 19.1. The summed E-state index contributed by atoms with van der Waals surface area (Å²) < 4.78 is 14.0. The van der Waals surface area contributed by atoms with Crippen molar-refractivity contribution in [3.05, 3.63) is 35.1 Å². The molecule has 0 bridgehead atoms. The van der Waals surface area contributed by atoms with Gasteiger partial charge in [-0.15, -0.1) is 0 Å². The Morgan fingerprint density at radius 1 is 1.53 bits per heavy atom. The van der Waals surface area contributed by atoms with Gasteiger partial charge in [0.15, 0.2) is 0 Å². The van der Waals surface area contributed by atoms with Crippen LogP contribution in [0.2, 0.25) is 0 Å². The molecule has 0 aromatic heterocycles. The third-order valence-corrected chi connectivity index (χ3v) is 2.97. The van der Waals surface area contributed by atoms with Crippen molar-refractivity contribution in [1.29, 1.82) is 5.26 Å². The number of hydrogen-bond acceptors (Lipinski definition) is 3. The summed E-state index contributed by atoms with van der Waals surface area (Å²) in [5.41, 5.74) is 6.18. The van der Waals surface area contributed by atoms with Gasteiger partial charge in [-0.25, -0.2) is 4.39 Å². The van der Waals surface area contributed by atoms with Crippen LogP contribution in [0.1, 0.15) is 31.0 Å². The predicted octanol–water partition coefficient (Wildman–Crippen LogP) is 2.04. The lowest BCUT2D eigenvalue weighted by molar-refractivity contribution is 0.224. The minimum atomic E-state index is -0.419. The molecule has 0 fully saturated rings. The summed E-state index contributed by atoms with van der Waals surface area (Å²) in [5, 5.41) is 8.80. The third kappa shape index (κ3) is 3.02. The molecule has 0 spiro atoms. The van der Waals surface area contributed by atoms with Gasteiger partial charge >= 0.3 is 0 Å². The molecule has 2 N–H and O–H groups in total. The molecule has 1 unspecified atom stereocenters. The first-order chi connectivity index (χ1) is 8.15. The summed E-state index contributed by atoms with van der Waals surface area (Å²) in [6, 6.07) is 6.71. The number of rotatable bonds is 5. The zero-order valence-corrected chi connectivity index (χ0v) is 10.3. The molecule has 0 saturated heterocycles. The van der Waals surface area contributed by atoms with Crippen LogP contribution in [0.25, 0.3) is 0 Å². The monoisotopic (exact) mass is 235 g/mol. The SMILES string of the molecule is CCN(CCN)C(C)c1cccc(C#N)c1F. The normalized spacial score (nSPS) is 12.5. The van der Waals surface area contributed by atoms with Crippen molar-refractivity contribution in [2.45, 2.75) is 19.9 Å². The minimum Gasteiger partial charge on any atom is -0.329 e. The van der Waals surface area contributed by atoms with Crippen LogP contribution in [0.3, 0.4) is 0 Å². The number of nitriles is 1. The van der Waals surface area contributed by atoms with Crippen molar-refractivity contribution in [1.82, 2.24) is 4.90 Å². The van der Waals surface area contributed by atoms with Gasteiger partial charge in [0.25, 0.3) is 0 Å². The Kier molecular flexibility index (Phi) is 5.08. The van der Waals surface area contributed by atoms with Crippen LogP contribution in [-0.4, -0.2) is 24.5 Å². The van der Waals surface area contributed by atoms with E-state index in [0.29, 0.717) is 18.7 Å². The van der Waals surface area contributed by atoms with Crippen molar-refractivity contribution in [2.75, 3.05) is 19.6 Å². The smallest absolute Gasteiger partial charge is 0.145 e. The molecular weight excluding hydrogens is 217 g/mol. The second-order valence-corrected chi connectivity index (χ2v) is 3.91. The maximum absolute atomic E-state index is 14.0. The van der Waals surface area contributed by atoms with Gasteiger partial charge in [-0.3, -0.25) is 4.90 Å². The zero-order chi connectivity index (χ0) is 12.8. The number of likely N-dealkylation sites (N-methyl/N-ethyl adjacent to an activating group) is 1. The van der Waals surface area contributed by atoms with Gasteiger partial charge in [0.1, 0.15) is 11.9 Å². The van der Waals surface area contributed by atoms with Gasteiger partial charge in [0.2, 0.25) is 0 Å². The third-order valence-electron chi connectivity index (χ3n) is 2.97. The van der Waals surface area contributed by atoms with Crippen molar-refractivity contribution in [2.24, 2.45) is 5.73 Å². The van der Waals surface area contributed by atoms with E-state index in [1.54, 1.807) is 12.1 Å². The van der Waals surface area contributed by atoms with Crippen LogP contribution in [-0.2, 0) is 0 Å². The summed E-state index contributed by atoms with van der Waals surface area (Å²) >= 11 is 0. The number of halogens is 1. The minimum absolute atomic E-state index is 0.0724. The van der Waals surface area contributed by atoms with E-state index >= 15 is 0 Å². The molecule has 3 nitrogen and oxygen atoms in total. The van der Waals surface area contributed by atoms with Crippen LogP contribution < -0.4 is 5.73 Å². The van der Waals surface area contributed by atoms with Gasteiger partial charge in [-0.2, -0.15) is 5.26 Å². The Morgan fingerprint density at radius 2 is 2.24 bits per heavy atom. The van der Waals surface area contributed by atoms with Gasteiger partial charge in [0, 0.05) is 24.7 Å². The highest BCUT2D eigenvalue weighted by Gasteiger charge is 2.18. The van der Waals surface area contributed by atoms with Crippen molar-refractivity contribution in [3.8, 4) is 6.07 Å². The molecule has 1 aromatic rings. The van der Waals surface area contributed by atoms with Crippen molar-refractivity contribution < 1.29 is 4.39 Å². The van der Waals surface area contributed by atoms with Gasteiger partial charge in [-0.1, -0.05) is 19.1 Å². The van der Waals surface area contributed by atoms with Gasteiger partial charge in [-0.05, 0) is 19.5 Å². The van der Waals surface area contributed by atoms with Gasteiger partial charge in [0.05, 0.1) is 5.56 Å². The van der Waals surface area contributed by atoms with E-state index in [2.05, 4.69) is 4.90 Å². The summed E-state index contributed by atoms with van der Waals surface area (Å²) in [5.74, 6) is -0.419. The predicted molar refractivity (Wildman–Crippen MR) is 65.8 cm³/mol. The highest BCUT2D eigenvalue weighted by Crippen LogP contribution is 2.24. The van der Waals surface area contributed by atoms with Crippen molar-refractivity contribution in [3.63, 3.8) is 0 Å². The molecule has 0 aliphatic heterocycles. The molecule has 0 heterocycles. The van der Waals surface area contributed by atoms with Gasteiger partial charge < -0.3 is 5.73 Å². The molecule has 0 aliphatic rings. The van der Waals surface area contributed by atoms with E-state index in [-0.39, 0.29) is 11.6 Å². The van der Waals surface area contributed by atoms with E-state index in [1.165, 1.54) is 6.07 Å². The lowest BCUT2D eigenvalue weighted by Gasteiger charge is -2.28. The first-order valence-electron chi connectivity index (χ1n) is 5.78. The summed E-state index contributed by atoms with van der Waals surface area (Å²) in [4.78, 5) is 2.08. The van der Waals surface area contributed by atoms with Crippen LogP contribution in [0.5, 0.6) is 0 Å². The Hall–Kier alpha value is -1.44. The van der Waals surface area contributed by atoms with E-state index in [1.807, 2.05) is 19.9 Å². The Balaban J connectivity index is 3.03. The summed E-state index contributed by atoms with van der Waals surface area (Å²) in [7, 11) is 0. The molecule has 17 heavy (non-hydrogen) atoms. The van der Waals surface area contributed by atoms with Crippen LogP contribution in [0.15, 0.2) is 18.2 Å². The quantitative estimate of drug-likeness (QED) is 0.849. The first kappa shape index (κ1) is 13.6. The van der Waals surface area contributed by atoms with Crippen molar-refractivity contribution >= 4 is 0 Å². The fourth-order valence-corrected chi connectivity index (χ4v) is 1.95. The Bertz CT molecular complexity index is 412. The van der Waals surface area contributed by atoms with E-state index < -0.39 is 5.82 Å². The molecule has 0 aliphatic carbocycles. The molecule has 1 aromatic carbocycles. The fraction of sp³-hybridized carbons (Fsp3) is 0.462. The molecule has 1 atom stereocenters.